The Hall–Kier alpha value is -2.38. The minimum Gasteiger partial charge on any atom is -0.384 e. The minimum atomic E-state index is -0.633. The van der Waals surface area contributed by atoms with Crippen molar-refractivity contribution in [1.29, 1.82) is 0 Å². The molecule has 0 fully saturated rings. The van der Waals surface area contributed by atoms with Gasteiger partial charge in [0.15, 0.2) is 0 Å². The van der Waals surface area contributed by atoms with E-state index in [1.807, 2.05) is 0 Å². The largest absolute Gasteiger partial charge is 0.384 e. The highest BCUT2D eigenvalue weighted by atomic mass is 16.2. The number of nitrogen functional groups attached to an aromatic ring is 1. The molecule has 1 heterocycles. The summed E-state index contributed by atoms with van der Waals surface area (Å²) in [7, 11) is 4.17. The topological polar surface area (TPSA) is 125 Å². The van der Waals surface area contributed by atoms with E-state index in [1.54, 1.807) is 0 Å². The third-order valence-corrected chi connectivity index (χ3v) is 2.61. The standard InChI is InChI=1S/C10H15N5O3/c1-13-5(4-6(11)16)7-8(12)14(2)10(18)15(3)9(7)17/h4,12H2,1-3H3,(H2,11,16). The van der Waals surface area contributed by atoms with Crippen LogP contribution in [0.25, 0.3) is 0 Å². The minimum absolute atomic E-state index is 0.0286. The fourth-order valence-corrected chi connectivity index (χ4v) is 1.58. The van der Waals surface area contributed by atoms with E-state index in [1.165, 1.54) is 21.1 Å². The third kappa shape index (κ3) is 2.17. The Kier molecular flexibility index (Phi) is 3.70. The molecule has 1 aromatic rings. The maximum Gasteiger partial charge on any atom is 0.332 e. The number of anilines is 1. The van der Waals surface area contributed by atoms with Crippen molar-refractivity contribution in [1.82, 2.24) is 9.13 Å². The lowest BCUT2D eigenvalue weighted by atomic mass is 10.1. The summed E-state index contributed by atoms with van der Waals surface area (Å²) in [6, 6.07) is 0. The number of amides is 1. The number of aromatic nitrogens is 2. The zero-order valence-corrected chi connectivity index (χ0v) is 10.4. The molecule has 0 radical (unpaired) electrons. The molecule has 8 nitrogen and oxygen atoms in total. The number of nitrogens with zero attached hydrogens (tertiary/aromatic N) is 3. The van der Waals surface area contributed by atoms with Crippen LogP contribution in [-0.4, -0.2) is 27.8 Å². The van der Waals surface area contributed by atoms with Gasteiger partial charge in [0, 0.05) is 21.1 Å². The van der Waals surface area contributed by atoms with Gasteiger partial charge in [-0.3, -0.25) is 23.7 Å². The average molecular weight is 253 g/mol. The number of carbonyl (C=O) groups is 1. The van der Waals surface area contributed by atoms with Crippen LogP contribution >= 0.6 is 0 Å². The van der Waals surface area contributed by atoms with E-state index < -0.39 is 17.2 Å². The van der Waals surface area contributed by atoms with Crippen LogP contribution in [0, 0.1) is 0 Å². The van der Waals surface area contributed by atoms with Gasteiger partial charge < -0.3 is 11.5 Å². The van der Waals surface area contributed by atoms with Crippen molar-refractivity contribution in [2.45, 2.75) is 6.42 Å². The molecule has 1 amide bonds. The summed E-state index contributed by atoms with van der Waals surface area (Å²) in [5, 5.41) is 0. The number of rotatable bonds is 3. The van der Waals surface area contributed by atoms with Crippen molar-refractivity contribution < 1.29 is 4.79 Å². The number of hydrogen-bond donors (Lipinski definition) is 2. The summed E-state index contributed by atoms with van der Waals surface area (Å²) in [4.78, 5) is 38.4. The van der Waals surface area contributed by atoms with Crippen molar-refractivity contribution in [2.75, 3.05) is 12.8 Å². The Morgan fingerprint density at radius 3 is 2.28 bits per heavy atom. The molecule has 1 rings (SSSR count). The van der Waals surface area contributed by atoms with E-state index in [9.17, 15) is 14.4 Å². The van der Waals surface area contributed by atoms with Crippen LogP contribution in [0.3, 0.4) is 0 Å². The van der Waals surface area contributed by atoms with E-state index in [2.05, 4.69) is 4.99 Å². The normalized spacial score (nSPS) is 11.6. The molecule has 0 saturated carbocycles. The van der Waals surface area contributed by atoms with Crippen LogP contribution in [0.15, 0.2) is 14.6 Å². The highest BCUT2D eigenvalue weighted by molar-refractivity contribution is 6.12. The molecule has 0 atom stereocenters. The molecule has 4 N–H and O–H groups in total. The molecule has 0 aliphatic carbocycles. The molecule has 1 aromatic heterocycles. The molecule has 98 valence electrons. The van der Waals surface area contributed by atoms with Gasteiger partial charge in [0.2, 0.25) is 5.91 Å². The summed E-state index contributed by atoms with van der Waals surface area (Å²) in [6.07, 6.45) is -0.214. The van der Waals surface area contributed by atoms with Crippen molar-refractivity contribution >= 4 is 17.4 Å². The zero-order valence-electron chi connectivity index (χ0n) is 10.4. The van der Waals surface area contributed by atoms with Gasteiger partial charge in [0.25, 0.3) is 5.56 Å². The van der Waals surface area contributed by atoms with E-state index >= 15 is 0 Å². The SMILES string of the molecule is CN=C(CC(N)=O)c1c(N)n(C)c(=O)n(C)c1=O. The second kappa shape index (κ2) is 4.86. The monoisotopic (exact) mass is 253 g/mol. The number of carbonyl (C=O) groups excluding carboxylic acids is 1. The molecule has 0 aromatic carbocycles. The lowest BCUT2D eigenvalue weighted by Gasteiger charge is -2.12. The van der Waals surface area contributed by atoms with E-state index in [0.29, 0.717) is 0 Å². The van der Waals surface area contributed by atoms with Crippen LogP contribution in [0.1, 0.15) is 12.0 Å². The van der Waals surface area contributed by atoms with E-state index in [-0.39, 0.29) is 23.5 Å². The quantitative estimate of drug-likeness (QED) is 0.602. The van der Waals surface area contributed by atoms with Crippen molar-refractivity contribution in [3.63, 3.8) is 0 Å². The van der Waals surface area contributed by atoms with Gasteiger partial charge in [-0.2, -0.15) is 0 Å². The van der Waals surface area contributed by atoms with Crippen LogP contribution < -0.4 is 22.7 Å². The van der Waals surface area contributed by atoms with Gasteiger partial charge in [0.05, 0.1) is 12.1 Å². The first-order chi connectivity index (χ1) is 8.31. The molecular weight excluding hydrogens is 238 g/mol. The van der Waals surface area contributed by atoms with Gasteiger partial charge in [-0.25, -0.2) is 4.79 Å². The second-order valence-corrected chi connectivity index (χ2v) is 3.78. The smallest absolute Gasteiger partial charge is 0.332 e. The number of hydrogen-bond acceptors (Lipinski definition) is 5. The van der Waals surface area contributed by atoms with Crippen LogP contribution in [0.5, 0.6) is 0 Å². The molecule has 0 aliphatic rings. The number of nitrogens with two attached hydrogens (primary N) is 2. The molecule has 0 spiro atoms. The Morgan fingerprint density at radius 1 is 1.28 bits per heavy atom. The van der Waals surface area contributed by atoms with Crippen LogP contribution in [0.2, 0.25) is 0 Å². The molecule has 0 aliphatic heterocycles. The number of primary amides is 1. The molecule has 18 heavy (non-hydrogen) atoms. The molecule has 0 saturated heterocycles. The Labute approximate surface area is 103 Å². The lowest BCUT2D eigenvalue weighted by molar-refractivity contribution is -0.116. The summed E-state index contributed by atoms with van der Waals surface area (Å²) in [5.74, 6) is -0.671. The first-order valence-corrected chi connectivity index (χ1v) is 5.11. The fourth-order valence-electron chi connectivity index (χ4n) is 1.58. The second-order valence-electron chi connectivity index (χ2n) is 3.78. The Morgan fingerprint density at radius 2 is 1.83 bits per heavy atom. The lowest BCUT2D eigenvalue weighted by Crippen LogP contribution is -2.42. The fraction of sp³-hybridized carbons (Fsp3) is 0.400. The van der Waals surface area contributed by atoms with Crippen molar-refractivity contribution in [3.05, 3.63) is 26.4 Å². The maximum atomic E-state index is 12.0. The summed E-state index contributed by atoms with van der Waals surface area (Å²) >= 11 is 0. The highest BCUT2D eigenvalue weighted by Gasteiger charge is 2.19. The summed E-state index contributed by atoms with van der Waals surface area (Å²) < 4.78 is 2.01. The average Bonchev–Trinajstić information content (AvgIpc) is 2.32. The Balaban J connectivity index is 3.65. The summed E-state index contributed by atoms with van der Waals surface area (Å²) in [5.41, 5.74) is 9.84. The Bertz CT molecular complexity index is 638. The van der Waals surface area contributed by atoms with Gasteiger partial charge in [-0.1, -0.05) is 0 Å². The van der Waals surface area contributed by atoms with Gasteiger partial charge >= 0.3 is 5.69 Å². The highest BCUT2D eigenvalue weighted by Crippen LogP contribution is 2.07. The van der Waals surface area contributed by atoms with E-state index in [4.69, 9.17) is 11.5 Å². The van der Waals surface area contributed by atoms with Gasteiger partial charge in [-0.15, -0.1) is 0 Å². The zero-order chi connectivity index (χ0) is 14.0. The predicted molar refractivity (Wildman–Crippen MR) is 67.6 cm³/mol. The molecular formula is C10H15N5O3. The molecule has 0 bridgehead atoms. The molecule has 0 unspecified atom stereocenters. The summed E-state index contributed by atoms with van der Waals surface area (Å²) in [6.45, 7) is 0. The predicted octanol–water partition coefficient (Wildman–Crippen LogP) is -2.04. The van der Waals surface area contributed by atoms with Crippen molar-refractivity contribution in [2.24, 2.45) is 24.8 Å². The van der Waals surface area contributed by atoms with Gasteiger partial charge in [-0.05, 0) is 0 Å². The first kappa shape index (κ1) is 13.7. The first-order valence-electron chi connectivity index (χ1n) is 5.11. The van der Waals surface area contributed by atoms with Crippen LogP contribution in [0.4, 0.5) is 5.82 Å². The third-order valence-electron chi connectivity index (χ3n) is 2.61. The van der Waals surface area contributed by atoms with Crippen molar-refractivity contribution in [3.8, 4) is 0 Å². The van der Waals surface area contributed by atoms with E-state index in [0.717, 1.165) is 9.13 Å². The van der Waals surface area contributed by atoms with Crippen LogP contribution in [-0.2, 0) is 18.9 Å². The van der Waals surface area contributed by atoms with Gasteiger partial charge in [0.1, 0.15) is 11.4 Å². The number of aliphatic imine (C=N–C) groups is 1. The maximum absolute atomic E-state index is 12.0. The molecule has 8 heteroatoms.